The van der Waals surface area contributed by atoms with Gasteiger partial charge >= 0.3 is 11.8 Å². The van der Waals surface area contributed by atoms with E-state index in [2.05, 4.69) is 4.98 Å². The summed E-state index contributed by atoms with van der Waals surface area (Å²) in [5, 5.41) is 8.89. The molecule has 1 aliphatic heterocycles. The molecule has 0 unspecified atom stereocenters. The predicted octanol–water partition coefficient (Wildman–Crippen LogP) is 1.89. The van der Waals surface area contributed by atoms with Crippen molar-refractivity contribution in [3.63, 3.8) is 0 Å². The van der Waals surface area contributed by atoms with Crippen molar-refractivity contribution in [1.82, 2.24) is 19.0 Å². The number of halogens is 3. The van der Waals surface area contributed by atoms with Crippen molar-refractivity contribution in [2.24, 2.45) is 0 Å². The van der Waals surface area contributed by atoms with Gasteiger partial charge in [-0.15, -0.1) is 0 Å². The van der Waals surface area contributed by atoms with E-state index in [0.29, 0.717) is 0 Å². The molecule has 0 aliphatic carbocycles. The van der Waals surface area contributed by atoms with Crippen LogP contribution in [0, 0.1) is 17.5 Å². The molecule has 0 saturated carbocycles. The van der Waals surface area contributed by atoms with Crippen molar-refractivity contribution in [2.75, 3.05) is 13.1 Å². The molecule has 1 N–H and O–H groups in total. The van der Waals surface area contributed by atoms with E-state index in [4.69, 9.17) is 5.11 Å². The second kappa shape index (κ2) is 6.76. The number of rotatable bonds is 2. The smallest absolute Gasteiger partial charge is 0.407 e. The molecule has 1 amide bonds. The Morgan fingerprint density at radius 3 is 2.55 bits per heavy atom. The summed E-state index contributed by atoms with van der Waals surface area (Å²) in [7, 11) is 0. The number of nitrogens with zero attached hydrogens (tertiary/aromatic N) is 4. The van der Waals surface area contributed by atoms with Crippen molar-refractivity contribution in [2.45, 2.75) is 12.5 Å². The van der Waals surface area contributed by atoms with Gasteiger partial charge in [0, 0.05) is 19.2 Å². The van der Waals surface area contributed by atoms with Crippen LogP contribution in [0.2, 0.25) is 0 Å². The topological polar surface area (TPSA) is 97.4 Å². The average molecular weight is 406 g/mol. The van der Waals surface area contributed by atoms with Crippen LogP contribution in [0.15, 0.2) is 40.1 Å². The molecule has 0 bridgehead atoms. The Morgan fingerprint density at radius 1 is 1.14 bits per heavy atom. The second-order valence-corrected chi connectivity index (χ2v) is 6.59. The van der Waals surface area contributed by atoms with Crippen molar-refractivity contribution in [3.05, 3.63) is 68.8 Å². The van der Waals surface area contributed by atoms with Crippen LogP contribution in [0.25, 0.3) is 16.7 Å². The van der Waals surface area contributed by atoms with Gasteiger partial charge in [-0.1, -0.05) is 0 Å². The number of hydrogen-bond donors (Lipinski definition) is 1. The summed E-state index contributed by atoms with van der Waals surface area (Å²) in [6, 6.07) is 2.78. The fraction of sp³-hybridized carbons (Fsp3) is 0.222. The zero-order valence-corrected chi connectivity index (χ0v) is 14.7. The van der Waals surface area contributed by atoms with Crippen LogP contribution in [0.4, 0.5) is 18.0 Å². The minimum Gasteiger partial charge on any atom is -0.465 e. The molecule has 3 heterocycles. The number of amides is 1. The molecule has 2 aromatic heterocycles. The maximum atomic E-state index is 13.8. The molecule has 1 aromatic carbocycles. The van der Waals surface area contributed by atoms with Crippen LogP contribution < -0.4 is 11.2 Å². The lowest BCUT2D eigenvalue weighted by atomic mass is 10.2. The van der Waals surface area contributed by atoms with Gasteiger partial charge in [-0.3, -0.25) is 9.36 Å². The summed E-state index contributed by atoms with van der Waals surface area (Å²) < 4.78 is 42.6. The molecule has 0 radical (unpaired) electrons. The van der Waals surface area contributed by atoms with Gasteiger partial charge in [0.05, 0.1) is 23.3 Å². The highest BCUT2D eigenvalue weighted by molar-refractivity contribution is 5.75. The number of pyridine rings is 1. The normalized spacial score (nSPS) is 16.5. The van der Waals surface area contributed by atoms with E-state index in [-0.39, 0.29) is 36.2 Å². The Bertz CT molecular complexity index is 1270. The number of carbonyl (C=O) groups is 1. The molecular formula is C18H13F3N4O4. The first kappa shape index (κ1) is 18.7. The molecule has 11 heteroatoms. The van der Waals surface area contributed by atoms with Crippen LogP contribution >= 0.6 is 0 Å². The minimum absolute atomic E-state index is 0.108. The standard InChI is InChI=1S/C18H13F3N4O4/c19-9-5-12-15(22-7-9)24(10-1-2-13(20)14(21)6-10)17(27)25(16(12)26)11-3-4-23(8-11)18(28)29/h1-2,5-7,11H,3-4,8H2,(H,28,29)/t11-/m1/s1. The SMILES string of the molecule is O=C(O)N1CC[C@@H](n2c(=O)c3cc(F)cnc3n(-c3ccc(F)c(F)c3)c2=O)C1. The third kappa shape index (κ3) is 3.04. The molecule has 1 saturated heterocycles. The number of hydrogen-bond acceptors (Lipinski definition) is 4. The molecule has 150 valence electrons. The lowest BCUT2D eigenvalue weighted by molar-refractivity contribution is 0.154. The summed E-state index contributed by atoms with van der Waals surface area (Å²) >= 11 is 0. The number of benzene rings is 1. The molecule has 3 aromatic rings. The highest BCUT2D eigenvalue weighted by atomic mass is 19.2. The van der Waals surface area contributed by atoms with Crippen LogP contribution in [-0.2, 0) is 0 Å². The van der Waals surface area contributed by atoms with Crippen molar-refractivity contribution >= 4 is 17.1 Å². The number of fused-ring (bicyclic) bond motifs is 1. The molecule has 1 aliphatic rings. The summed E-state index contributed by atoms with van der Waals surface area (Å²) in [5.74, 6) is -3.18. The fourth-order valence-electron chi connectivity index (χ4n) is 3.49. The molecule has 1 fully saturated rings. The number of aromatic nitrogens is 3. The number of carboxylic acid groups (broad SMARTS) is 1. The van der Waals surface area contributed by atoms with Crippen LogP contribution in [0.3, 0.4) is 0 Å². The molecule has 1 atom stereocenters. The van der Waals surface area contributed by atoms with Crippen LogP contribution in [0.1, 0.15) is 12.5 Å². The fourth-order valence-corrected chi connectivity index (χ4v) is 3.49. The molecule has 0 spiro atoms. The van der Waals surface area contributed by atoms with E-state index in [1.165, 1.54) is 0 Å². The molecule has 8 nitrogen and oxygen atoms in total. The summed E-state index contributed by atoms with van der Waals surface area (Å²) in [6.45, 7) is -0.00694. The maximum absolute atomic E-state index is 13.8. The third-order valence-corrected chi connectivity index (χ3v) is 4.85. The van der Waals surface area contributed by atoms with E-state index in [0.717, 1.165) is 44.5 Å². The molecule has 4 rings (SSSR count). The van der Waals surface area contributed by atoms with E-state index in [1.54, 1.807) is 0 Å². The van der Waals surface area contributed by atoms with Crippen molar-refractivity contribution in [3.8, 4) is 5.69 Å². The van der Waals surface area contributed by atoms with E-state index in [1.807, 2.05) is 0 Å². The minimum atomic E-state index is -1.22. The summed E-state index contributed by atoms with van der Waals surface area (Å²) in [6.07, 6.45) is -0.216. The Morgan fingerprint density at radius 2 is 1.90 bits per heavy atom. The summed E-state index contributed by atoms with van der Waals surface area (Å²) in [5.41, 5.74) is -2.09. The van der Waals surface area contributed by atoms with Crippen LogP contribution in [0.5, 0.6) is 0 Å². The Balaban J connectivity index is 2.02. The largest absolute Gasteiger partial charge is 0.465 e. The lowest BCUT2D eigenvalue weighted by Crippen LogP contribution is -2.43. The van der Waals surface area contributed by atoms with E-state index in [9.17, 15) is 27.6 Å². The van der Waals surface area contributed by atoms with Gasteiger partial charge in [-0.2, -0.15) is 0 Å². The Hall–Kier alpha value is -3.63. The van der Waals surface area contributed by atoms with E-state index < -0.39 is 40.8 Å². The lowest BCUT2D eigenvalue weighted by Gasteiger charge is -2.18. The van der Waals surface area contributed by atoms with Crippen molar-refractivity contribution < 1.29 is 23.1 Å². The zero-order chi connectivity index (χ0) is 20.9. The quantitative estimate of drug-likeness (QED) is 0.701. The molecular weight excluding hydrogens is 393 g/mol. The van der Waals surface area contributed by atoms with Crippen molar-refractivity contribution in [1.29, 1.82) is 0 Å². The Kier molecular flexibility index (Phi) is 4.36. The van der Waals surface area contributed by atoms with E-state index >= 15 is 0 Å². The summed E-state index contributed by atoms with van der Waals surface area (Å²) in [4.78, 5) is 42.1. The Labute approximate surface area is 160 Å². The second-order valence-electron chi connectivity index (χ2n) is 6.59. The van der Waals surface area contributed by atoms with Gasteiger partial charge in [-0.05, 0) is 24.6 Å². The van der Waals surface area contributed by atoms with Gasteiger partial charge in [-0.25, -0.2) is 32.3 Å². The highest BCUT2D eigenvalue weighted by Gasteiger charge is 2.31. The first-order valence-corrected chi connectivity index (χ1v) is 8.54. The highest BCUT2D eigenvalue weighted by Crippen LogP contribution is 2.21. The first-order chi connectivity index (χ1) is 13.8. The van der Waals surface area contributed by atoms with Gasteiger partial charge in [0.25, 0.3) is 5.56 Å². The first-order valence-electron chi connectivity index (χ1n) is 8.54. The average Bonchev–Trinajstić information content (AvgIpc) is 3.15. The third-order valence-electron chi connectivity index (χ3n) is 4.85. The van der Waals surface area contributed by atoms with Gasteiger partial charge < -0.3 is 10.0 Å². The zero-order valence-electron chi connectivity index (χ0n) is 14.7. The maximum Gasteiger partial charge on any atom is 0.407 e. The molecule has 29 heavy (non-hydrogen) atoms. The number of likely N-dealkylation sites (tertiary alicyclic amines) is 1. The monoisotopic (exact) mass is 406 g/mol. The van der Waals surface area contributed by atoms with Gasteiger partial charge in [0.15, 0.2) is 17.3 Å². The predicted molar refractivity (Wildman–Crippen MR) is 94.7 cm³/mol. The van der Waals surface area contributed by atoms with Gasteiger partial charge in [0.2, 0.25) is 0 Å². The van der Waals surface area contributed by atoms with Crippen LogP contribution in [-0.4, -0.2) is 43.3 Å². The van der Waals surface area contributed by atoms with Gasteiger partial charge in [0.1, 0.15) is 5.82 Å².